The maximum absolute atomic E-state index is 13.3. The largest absolute Gasteiger partial charge is 0.461 e. The fourth-order valence-electron chi connectivity index (χ4n) is 14.6. The van der Waals surface area contributed by atoms with E-state index in [1.165, 1.54) is 44.8 Å². The molecule has 10 aromatic heterocycles. The van der Waals surface area contributed by atoms with Crippen molar-refractivity contribution in [1.29, 1.82) is 0 Å². The third-order valence-corrected chi connectivity index (χ3v) is 22.4. The lowest BCUT2D eigenvalue weighted by Crippen LogP contribution is -2.07. The predicted octanol–water partition coefficient (Wildman–Crippen LogP) is 35.8. The zero-order valence-corrected chi connectivity index (χ0v) is 76.6. The summed E-state index contributed by atoms with van der Waals surface area (Å²) >= 11 is 11.9. The number of para-hydroxylation sites is 1. The number of aromatic nitrogens is 3. The maximum atomic E-state index is 13.3. The van der Waals surface area contributed by atoms with Crippen molar-refractivity contribution in [3.8, 4) is 90.4 Å². The van der Waals surface area contributed by atoms with Crippen molar-refractivity contribution in [3.63, 3.8) is 0 Å². The van der Waals surface area contributed by atoms with Crippen molar-refractivity contribution in [2.45, 2.75) is 151 Å². The Balaban J connectivity index is 0.000000122. The van der Waals surface area contributed by atoms with Crippen LogP contribution in [-0.4, -0.2) is 15.0 Å². The van der Waals surface area contributed by atoms with Crippen LogP contribution in [0.2, 0.25) is 10.0 Å². The number of furan rings is 7. The van der Waals surface area contributed by atoms with E-state index in [0.717, 1.165) is 137 Å². The van der Waals surface area contributed by atoms with Crippen LogP contribution in [-0.2, 0) is 12.6 Å². The molecule has 1 aliphatic rings. The smallest absolute Gasteiger partial charge is 0.418 e. The quantitative estimate of drug-likeness (QED) is 0.0978. The lowest BCUT2D eigenvalue weighted by Gasteiger charge is -2.11. The van der Waals surface area contributed by atoms with Crippen LogP contribution in [0.4, 0.5) is 13.2 Å². The number of fused-ring (bicyclic) bond motifs is 5. The van der Waals surface area contributed by atoms with E-state index in [0.29, 0.717) is 62.3 Å². The summed E-state index contributed by atoms with van der Waals surface area (Å²) in [5, 5.41) is 6.45. The number of nitrogens with zero attached hydrogens (tertiary/aromatic N) is 3. The minimum Gasteiger partial charge on any atom is -0.461 e. The number of alkyl halides is 3. The molecule has 20 rings (SSSR count). The summed E-state index contributed by atoms with van der Waals surface area (Å²) in [4.78, 5) is 12.6. The molecule has 654 valence electrons. The summed E-state index contributed by atoms with van der Waals surface area (Å²) in [5.41, 5.74) is 13.3. The van der Waals surface area contributed by atoms with E-state index in [4.69, 9.17) is 54.1 Å². The number of hydrogen-bond donors (Lipinski definition) is 0. The number of halogens is 5. The summed E-state index contributed by atoms with van der Waals surface area (Å²) in [6, 6.07) is 100. The fourth-order valence-corrected chi connectivity index (χ4v) is 15.2. The van der Waals surface area contributed by atoms with Crippen molar-refractivity contribution < 1.29 is 44.1 Å². The van der Waals surface area contributed by atoms with Gasteiger partial charge in [0.05, 0.1) is 22.1 Å². The van der Waals surface area contributed by atoms with Gasteiger partial charge in [-0.25, -0.2) is 0 Å². The van der Waals surface area contributed by atoms with Gasteiger partial charge < -0.3 is 30.9 Å². The maximum Gasteiger partial charge on any atom is 0.418 e. The third kappa shape index (κ3) is 23.7. The highest BCUT2D eigenvalue weighted by molar-refractivity contribution is 6.35. The third-order valence-electron chi connectivity index (χ3n) is 21.9. The summed E-state index contributed by atoms with van der Waals surface area (Å²) in [5.74, 6) is 15.4. The highest BCUT2D eigenvalue weighted by Gasteiger charge is 2.34. The molecule has 19 aromatic rings. The van der Waals surface area contributed by atoms with E-state index in [-0.39, 0.29) is 11.4 Å². The van der Waals surface area contributed by atoms with Gasteiger partial charge in [-0.05, 0) is 215 Å². The Morgan fingerprint density at radius 2 is 0.636 bits per heavy atom. The van der Waals surface area contributed by atoms with E-state index in [1.54, 1.807) is 36.4 Å². The van der Waals surface area contributed by atoms with Crippen LogP contribution in [0.15, 0.2) is 359 Å². The number of allylic oxidation sites excluding steroid dienone is 1. The lowest BCUT2D eigenvalue weighted by atomic mass is 10.0. The SMILES string of the molecule is CC(C)c1ccc(-c2cc(C(F)(F)F)c3ncccc3c2)o1.CC(C)c1ccc(-c2cc(Cl)cc(Cl)c2)o1.CC(C)c1ccc(-c2ccc3c(c2)C=CC3)o1.CC(C)c1ccc(-c2ccc3ccccc3c2)o1.CC(C)c1ccc(-c2ccc3ncccc3c2)o1.CC(C)c1ccc(-c2cccc(-c3ccccc3)c2)o1.CC(C)c1ccc(-c2cnc3ccccc3c2)o1. The molecule has 1 aliphatic carbocycles. The number of rotatable bonds is 15. The highest BCUT2D eigenvalue weighted by atomic mass is 35.5. The molecule has 0 amide bonds. The predicted molar refractivity (Wildman–Crippen MR) is 524 cm³/mol. The minimum absolute atomic E-state index is 0.0469. The van der Waals surface area contributed by atoms with Crippen LogP contribution in [0, 0.1) is 0 Å². The molecular weight excluding hydrogens is 1650 g/mol. The Morgan fingerprint density at radius 1 is 0.271 bits per heavy atom. The van der Waals surface area contributed by atoms with Gasteiger partial charge in [0.15, 0.2) is 0 Å². The molecule has 9 aromatic carbocycles. The summed E-state index contributed by atoms with van der Waals surface area (Å²) < 4.78 is 80.6. The Kier molecular flexibility index (Phi) is 29.9. The molecule has 129 heavy (non-hydrogen) atoms. The first-order valence-corrected chi connectivity index (χ1v) is 44.6. The highest BCUT2D eigenvalue weighted by Crippen LogP contribution is 2.41. The first kappa shape index (κ1) is 91.7. The van der Waals surface area contributed by atoms with Crippen molar-refractivity contribution in [1.82, 2.24) is 15.0 Å². The average Bonchev–Trinajstić information content (AvgIpc) is 1.76. The zero-order valence-electron chi connectivity index (χ0n) is 75.1. The van der Waals surface area contributed by atoms with E-state index in [1.807, 2.05) is 111 Å². The van der Waals surface area contributed by atoms with Gasteiger partial charge in [0, 0.05) is 125 Å². The first-order chi connectivity index (χ1) is 62.1. The van der Waals surface area contributed by atoms with Gasteiger partial charge in [-0.15, -0.1) is 0 Å². The van der Waals surface area contributed by atoms with Gasteiger partial charge >= 0.3 is 6.18 Å². The molecule has 15 heteroatoms. The fraction of sp³-hybridized carbons (Fsp3) is 0.202. The summed E-state index contributed by atoms with van der Waals surface area (Å²) in [6.07, 6.45) is 6.03. The standard InChI is InChI=1S/C19H18O.C17H14F3NO.C17H16O.2C16H15NO.C16H16O.C13H12Cl2O/c1-14(2)18-11-12-19(20-18)17-10-6-9-16(13-17)15-7-4-3-5-8-15;1-10(2)14-5-6-15(22-14)12-8-11-4-3-7-21-16(11)13(9-12)17(18,19)20;1-12(2)16-9-10-17(18-16)15-8-7-13-5-3-4-6-14(13)11-15;1-11(2)15-7-8-16(18-15)13-5-6-14-12(10-13)4-3-9-17-14;1-11(2)15-7-8-16(18-15)13-9-12-5-3-4-6-14(12)17-10-13;1-11(2)15-8-9-16(17-15)14-7-6-12-4-3-5-13(12)10-14;1-8(2)12-3-4-13(16-12)9-5-10(14)7-11(15)6-9/h3-14H,1-2H3;3-10H,1-2H3;3-12H,1-2H3;2*3-11H,1-2H3;3,5-11H,4H2,1-2H3;3-8H,1-2H3. The van der Waals surface area contributed by atoms with Gasteiger partial charge in [-0.1, -0.05) is 260 Å². The van der Waals surface area contributed by atoms with E-state index in [2.05, 4.69) is 286 Å². The molecule has 0 saturated heterocycles. The first-order valence-electron chi connectivity index (χ1n) is 43.9. The van der Waals surface area contributed by atoms with E-state index in [9.17, 15) is 13.2 Å². The molecule has 0 atom stereocenters. The second kappa shape index (κ2) is 42.0. The lowest BCUT2D eigenvalue weighted by molar-refractivity contribution is -0.136. The molecule has 0 spiro atoms. The Hall–Kier alpha value is -13.5. The van der Waals surface area contributed by atoms with Gasteiger partial charge in [0.25, 0.3) is 0 Å². The van der Waals surface area contributed by atoms with Crippen LogP contribution in [0.3, 0.4) is 0 Å². The van der Waals surface area contributed by atoms with Crippen molar-refractivity contribution >= 4 is 72.8 Å². The van der Waals surface area contributed by atoms with Crippen LogP contribution < -0.4 is 0 Å². The normalized spacial score (nSPS) is 11.6. The second-order valence-corrected chi connectivity index (χ2v) is 35.0. The van der Waals surface area contributed by atoms with Crippen LogP contribution >= 0.6 is 23.2 Å². The Morgan fingerprint density at radius 3 is 1.13 bits per heavy atom. The summed E-state index contributed by atoms with van der Waals surface area (Å²) in [6.45, 7) is 29.5. The van der Waals surface area contributed by atoms with Crippen molar-refractivity contribution in [2.24, 2.45) is 0 Å². The van der Waals surface area contributed by atoms with E-state index < -0.39 is 11.7 Å². The van der Waals surface area contributed by atoms with Gasteiger partial charge in [-0.3, -0.25) is 15.0 Å². The van der Waals surface area contributed by atoms with Crippen LogP contribution in [0.1, 0.15) is 195 Å². The van der Waals surface area contributed by atoms with Gasteiger partial charge in [-0.2, -0.15) is 13.2 Å². The van der Waals surface area contributed by atoms with Crippen LogP contribution in [0.25, 0.3) is 140 Å². The Labute approximate surface area is 763 Å². The number of hydrogen-bond acceptors (Lipinski definition) is 10. The molecule has 10 heterocycles. The van der Waals surface area contributed by atoms with Crippen molar-refractivity contribution in [2.75, 3.05) is 0 Å². The number of benzene rings is 9. The molecule has 0 saturated carbocycles. The monoisotopic (exact) mass is 1760 g/mol. The van der Waals surface area contributed by atoms with Gasteiger partial charge in [0.1, 0.15) is 80.6 Å². The second-order valence-electron chi connectivity index (χ2n) is 34.1. The molecule has 0 bridgehead atoms. The molecular formula is C114H106Cl2F3N3O7. The molecule has 0 fully saturated rings. The number of pyridine rings is 3. The zero-order chi connectivity index (χ0) is 91.0. The molecule has 10 nitrogen and oxygen atoms in total. The minimum atomic E-state index is -4.46. The summed E-state index contributed by atoms with van der Waals surface area (Å²) in [7, 11) is 0. The average molecular weight is 1760 g/mol. The molecule has 0 N–H and O–H groups in total. The molecule has 0 aliphatic heterocycles. The van der Waals surface area contributed by atoms with Gasteiger partial charge in [0.2, 0.25) is 0 Å². The Bertz CT molecular complexity index is 6650. The topological polar surface area (TPSA) is 131 Å². The molecule has 0 radical (unpaired) electrons. The molecule has 0 unspecified atom stereocenters. The van der Waals surface area contributed by atoms with Crippen LogP contribution in [0.5, 0.6) is 0 Å². The van der Waals surface area contributed by atoms with Crippen molar-refractivity contribution in [3.05, 3.63) is 395 Å². The van der Waals surface area contributed by atoms with E-state index >= 15 is 0 Å².